The molecule has 0 saturated heterocycles. The van der Waals surface area contributed by atoms with Gasteiger partial charge in [-0.3, -0.25) is 4.18 Å². The zero-order valence-corrected chi connectivity index (χ0v) is 7.99. The van der Waals surface area contributed by atoms with Crippen molar-refractivity contribution in [2.45, 2.75) is 6.61 Å². The molecule has 5 nitrogen and oxygen atoms in total. The van der Waals surface area contributed by atoms with E-state index in [-0.39, 0.29) is 6.61 Å². The fraction of sp³-hybridized carbons (Fsp3) is 0.125. The molecular weight excluding hydrogens is 204 g/mol. The molecule has 0 saturated carbocycles. The van der Waals surface area contributed by atoms with Crippen molar-refractivity contribution in [3.8, 4) is 6.07 Å². The monoisotopic (exact) mass is 212 g/mol. The SMILES string of the molecule is N#Cc1cccc(COS(N)(=O)=O)c1. The predicted molar refractivity (Wildman–Crippen MR) is 49.1 cm³/mol. The van der Waals surface area contributed by atoms with Crippen LogP contribution in [0.3, 0.4) is 0 Å². The lowest BCUT2D eigenvalue weighted by Crippen LogP contribution is -2.15. The van der Waals surface area contributed by atoms with Crippen LogP contribution >= 0.6 is 0 Å². The van der Waals surface area contributed by atoms with Crippen molar-refractivity contribution in [2.24, 2.45) is 5.14 Å². The molecule has 0 aromatic heterocycles. The third kappa shape index (κ3) is 3.53. The third-order valence-electron chi connectivity index (χ3n) is 1.45. The van der Waals surface area contributed by atoms with Gasteiger partial charge in [0.2, 0.25) is 0 Å². The van der Waals surface area contributed by atoms with E-state index in [4.69, 9.17) is 5.26 Å². The molecule has 0 amide bonds. The molecule has 0 bridgehead atoms. The van der Waals surface area contributed by atoms with Gasteiger partial charge in [-0.25, -0.2) is 5.14 Å². The number of hydrogen-bond donors (Lipinski definition) is 1. The maximum atomic E-state index is 10.4. The average Bonchev–Trinajstić information content (AvgIpc) is 2.14. The van der Waals surface area contributed by atoms with E-state index in [0.717, 1.165) is 0 Å². The molecule has 0 fully saturated rings. The van der Waals surface area contributed by atoms with Gasteiger partial charge in [-0.05, 0) is 17.7 Å². The Kier molecular flexibility index (Phi) is 3.19. The summed E-state index contributed by atoms with van der Waals surface area (Å²) < 4.78 is 25.3. The van der Waals surface area contributed by atoms with Gasteiger partial charge in [0.25, 0.3) is 0 Å². The summed E-state index contributed by atoms with van der Waals surface area (Å²) in [6, 6.07) is 8.36. The van der Waals surface area contributed by atoms with Crippen LogP contribution in [0.15, 0.2) is 24.3 Å². The average molecular weight is 212 g/mol. The molecule has 2 N–H and O–H groups in total. The van der Waals surface area contributed by atoms with Crippen LogP contribution in [0.1, 0.15) is 11.1 Å². The minimum atomic E-state index is -3.92. The standard InChI is InChI=1S/C8H8N2O3S/c9-5-7-2-1-3-8(4-7)6-13-14(10,11)12/h1-4H,6H2,(H2,10,11,12). The molecule has 1 rings (SSSR count). The second-order valence-electron chi connectivity index (χ2n) is 2.57. The van der Waals surface area contributed by atoms with Gasteiger partial charge in [-0.1, -0.05) is 12.1 Å². The fourth-order valence-electron chi connectivity index (χ4n) is 0.881. The molecule has 0 atom stereocenters. The van der Waals surface area contributed by atoms with E-state index in [9.17, 15) is 8.42 Å². The van der Waals surface area contributed by atoms with Gasteiger partial charge in [0.15, 0.2) is 0 Å². The Hall–Kier alpha value is -1.42. The molecule has 0 heterocycles. The van der Waals surface area contributed by atoms with Crippen molar-refractivity contribution in [3.05, 3.63) is 35.4 Å². The molecule has 1 aromatic rings. The predicted octanol–water partition coefficient (Wildman–Crippen LogP) is 0.278. The maximum absolute atomic E-state index is 10.4. The van der Waals surface area contributed by atoms with Crippen molar-refractivity contribution in [1.82, 2.24) is 0 Å². The van der Waals surface area contributed by atoms with Gasteiger partial charge in [-0.15, -0.1) is 0 Å². The highest BCUT2D eigenvalue weighted by atomic mass is 32.2. The van der Waals surface area contributed by atoms with Gasteiger partial charge in [0.05, 0.1) is 18.2 Å². The first-order valence-corrected chi connectivity index (χ1v) is 5.14. The molecule has 0 unspecified atom stereocenters. The lowest BCUT2D eigenvalue weighted by atomic mass is 10.1. The first-order chi connectivity index (χ1) is 6.51. The Labute approximate surface area is 82.0 Å². The molecule has 0 aliphatic rings. The van der Waals surface area contributed by atoms with Crippen LogP contribution < -0.4 is 5.14 Å². The molecule has 0 radical (unpaired) electrons. The molecule has 0 aliphatic heterocycles. The van der Waals surface area contributed by atoms with Crippen molar-refractivity contribution in [2.75, 3.05) is 0 Å². The number of nitrogens with two attached hydrogens (primary N) is 1. The van der Waals surface area contributed by atoms with Crippen LogP contribution in [0.4, 0.5) is 0 Å². The lowest BCUT2D eigenvalue weighted by molar-refractivity contribution is 0.308. The zero-order chi connectivity index (χ0) is 10.6. The molecule has 0 spiro atoms. The highest BCUT2D eigenvalue weighted by Crippen LogP contribution is 2.06. The highest BCUT2D eigenvalue weighted by molar-refractivity contribution is 7.84. The summed E-state index contributed by atoms with van der Waals surface area (Å²) in [6.07, 6.45) is 0. The fourth-order valence-corrected chi connectivity index (χ4v) is 1.18. The van der Waals surface area contributed by atoms with Crippen molar-refractivity contribution in [1.29, 1.82) is 5.26 Å². The Bertz CT molecular complexity index is 462. The third-order valence-corrected chi connectivity index (χ3v) is 1.89. The summed E-state index contributed by atoms with van der Waals surface area (Å²) in [7, 11) is -3.92. The molecule has 0 aliphatic carbocycles. The van der Waals surface area contributed by atoms with E-state index in [1.165, 1.54) is 6.07 Å². The van der Waals surface area contributed by atoms with Crippen LogP contribution in [0, 0.1) is 11.3 Å². The molecule has 14 heavy (non-hydrogen) atoms. The van der Waals surface area contributed by atoms with E-state index in [1.54, 1.807) is 18.2 Å². The van der Waals surface area contributed by atoms with Gasteiger partial charge in [-0.2, -0.15) is 13.7 Å². The summed E-state index contributed by atoms with van der Waals surface area (Å²) >= 11 is 0. The van der Waals surface area contributed by atoms with Crippen LogP contribution in [0.25, 0.3) is 0 Å². The van der Waals surface area contributed by atoms with Crippen molar-refractivity contribution in [3.63, 3.8) is 0 Å². The summed E-state index contributed by atoms with van der Waals surface area (Å²) in [5.74, 6) is 0. The highest BCUT2D eigenvalue weighted by Gasteiger charge is 2.03. The number of nitrogens with zero attached hydrogens (tertiary/aromatic N) is 1. The normalized spacial score (nSPS) is 10.9. The minimum absolute atomic E-state index is 0.158. The largest absolute Gasteiger partial charge is 0.333 e. The molecular formula is C8H8N2O3S. The second kappa shape index (κ2) is 4.19. The Morgan fingerprint density at radius 1 is 1.50 bits per heavy atom. The minimum Gasteiger partial charge on any atom is -0.253 e. The second-order valence-corrected chi connectivity index (χ2v) is 3.79. The van der Waals surface area contributed by atoms with Crippen LogP contribution in [-0.2, 0) is 21.1 Å². The van der Waals surface area contributed by atoms with Crippen molar-refractivity contribution >= 4 is 10.3 Å². The maximum Gasteiger partial charge on any atom is 0.333 e. The van der Waals surface area contributed by atoms with E-state index >= 15 is 0 Å². The topological polar surface area (TPSA) is 93.2 Å². The first-order valence-electron chi connectivity index (χ1n) is 3.67. The smallest absolute Gasteiger partial charge is 0.253 e. The van der Waals surface area contributed by atoms with Crippen LogP contribution in [0.2, 0.25) is 0 Å². The Morgan fingerprint density at radius 3 is 2.79 bits per heavy atom. The van der Waals surface area contributed by atoms with Gasteiger partial charge in [0, 0.05) is 0 Å². The van der Waals surface area contributed by atoms with E-state index in [2.05, 4.69) is 9.32 Å². The molecule has 6 heteroatoms. The quantitative estimate of drug-likeness (QED) is 0.778. The van der Waals surface area contributed by atoms with Crippen LogP contribution in [0.5, 0.6) is 0 Å². The van der Waals surface area contributed by atoms with Crippen molar-refractivity contribution < 1.29 is 12.6 Å². The number of hydrogen-bond acceptors (Lipinski definition) is 4. The lowest BCUT2D eigenvalue weighted by Gasteiger charge is -2.00. The summed E-state index contributed by atoms with van der Waals surface area (Å²) in [4.78, 5) is 0. The van der Waals surface area contributed by atoms with E-state index in [1.807, 2.05) is 6.07 Å². The summed E-state index contributed by atoms with van der Waals surface area (Å²) in [5.41, 5.74) is 1.03. The van der Waals surface area contributed by atoms with Gasteiger partial charge >= 0.3 is 10.3 Å². The first kappa shape index (κ1) is 10.7. The Morgan fingerprint density at radius 2 is 2.21 bits per heavy atom. The van der Waals surface area contributed by atoms with E-state index in [0.29, 0.717) is 11.1 Å². The van der Waals surface area contributed by atoms with Crippen LogP contribution in [-0.4, -0.2) is 8.42 Å². The summed E-state index contributed by atoms with van der Waals surface area (Å²) in [5, 5.41) is 13.2. The number of benzene rings is 1. The number of rotatable bonds is 3. The zero-order valence-electron chi connectivity index (χ0n) is 7.17. The molecule has 74 valence electrons. The van der Waals surface area contributed by atoms with Gasteiger partial charge in [0.1, 0.15) is 0 Å². The Balaban J connectivity index is 2.74. The molecule has 1 aromatic carbocycles. The van der Waals surface area contributed by atoms with E-state index < -0.39 is 10.3 Å². The summed E-state index contributed by atoms with van der Waals surface area (Å²) in [6.45, 7) is -0.158. The number of nitriles is 1. The van der Waals surface area contributed by atoms with Gasteiger partial charge < -0.3 is 0 Å².